The number of benzene rings is 3. The van der Waals surface area contributed by atoms with Crippen molar-refractivity contribution in [2.24, 2.45) is 0 Å². The van der Waals surface area contributed by atoms with Gasteiger partial charge in [0, 0.05) is 5.69 Å². The van der Waals surface area contributed by atoms with Gasteiger partial charge in [0.1, 0.15) is 5.41 Å². The monoisotopic (exact) mass is 338 g/mol. The third-order valence-corrected chi connectivity index (χ3v) is 5.06. The molecule has 1 fully saturated rings. The van der Waals surface area contributed by atoms with Crippen molar-refractivity contribution in [2.45, 2.75) is 17.9 Å². The average molecular weight is 338 g/mol. The second-order valence-electron chi connectivity index (χ2n) is 6.54. The first kappa shape index (κ1) is 16.1. The van der Waals surface area contributed by atoms with Crippen molar-refractivity contribution in [3.8, 4) is 6.07 Å². The summed E-state index contributed by atoms with van der Waals surface area (Å²) in [5, 5.41) is 10.3. The summed E-state index contributed by atoms with van der Waals surface area (Å²) in [6.07, 6.45) is 0.169. The van der Waals surface area contributed by atoms with E-state index in [9.17, 15) is 10.1 Å². The second-order valence-corrected chi connectivity index (χ2v) is 6.54. The van der Waals surface area contributed by atoms with Crippen LogP contribution in [0.4, 0.5) is 5.69 Å². The number of nitriles is 1. The molecule has 1 amide bonds. The molecule has 0 bridgehead atoms. The Hall–Kier alpha value is -3.38. The standard InChI is InChI=1S/C23H18N2O/c24-17-23(19-12-6-2-7-13-19)16-21(26)25(20-14-8-3-9-15-20)22(23)18-10-4-1-5-11-18/h1-15,22H,16H2/t22-,23-/m1/s1. The van der Waals surface area contributed by atoms with Crippen LogP contribution in [0, 0.1) is 11.3 Å². The van der Waals surface area contributed by atoms with Crippen molar-refractivity contribution >= 4 is 11.6 Å². The smallest absolute Gasteiger partial charge is 0.229 e. The molecule has 0 unspecified atom stereocenters. The Morgan fingerprint density at radius 1 is 0.846 bits per heavy atom. The van der Waals surface area contributed by atoms with Crippen molar-refractivity contribution in [3.05, 3.63) is 102 Å². The summed E-state index contributed by atoms with van der Waals surface area (Å²) in [6.45, 7) is 0. The molecule has 0 aromatic heterocycles. The summed E-state index contributed by atoms with van der Waals surface area (Å²) < 4.78 is 0. The van der Waals surface area contributed by atoms with Gasteiger partial charge < -0.3 is 4.90 Å². The Morgan fingerprint density at radius 3 is 1.96 bits per heavy atom. The third-order valence-electron chi connectivity index (χ3n) is 5.06. The lowest BCUT2D eigenvalue weighted by Gasteiger charge is -2.33. The highest BCUT2D eigenvalue weighted by Crippen LogP contribution is 2.50. The van der Waals surface area contributed by atoms with E-state index in [4.69, 9.17) is 0 Å². The zero-order valence-electron chi connectivity index (χ0n) is 14.2. The van der Waals surface area contributed by atoms with Crippen molar-refractivity contribution in [1.82, 2.24) is 0 Å². The zero-order valence-corrected chi connectivity index (χ0v) is 14.2. The van der Waals surface area contributed by atoms with Gasteiger partial charge in [-0.15, -0.1) is 0 Å². The van der Waals surface area contributed by atoms with Crippen molar-refractivity contribution in [3.63, 3.8) is 0 Å². The van der Waals surface area contributed by atoms with Crippen molar-refractivity contribution in [2.75, 3.05) is 4.90 Å². The lowest BCUT2D eigenvalue weighted by atomic mass is 9.73. The third kappa shape index (κ3) is 2.48. The molecule has 26 heavy (non-hydrogen) atoms. The summed E-state index contributed by atoms with van der Waals surface area (Å²) in [5.74, 6) is -0.0320. The maximum Gasteiger partial charge on any atom is 0.229 e. The van der Waals surface area contributed by atoms with Gasteiger partial charge in [-0.1, -0.05) is 78.9 Å². The van der Waals surface area contributed by atoms with Gasteiger partial charge >= 0.3 is 0 Å². The van der Waals surface area contributed by atoms with Gasteiger partial charge in [0.2, 0.25) is 5.91 Å². The van der Waals surface area contributed by atoms with Crippen LogP contribution in [0.3, 0.4) is 0 Å². The molecule has 3 aromatic rings. The quantitative estimate of drug-likeness (QED) is 0.699. The van der Waals surface area contributed by atoms with E-state index < -0.39 is 5.41 Å². The first-order chi connectivity index (χ1) is 12.8. The minimum Gasteiger partial charge on any atom is -0.303 e. The molecule has 126 valence electrons. The molecule has 1 saturated heterocycles. The Morgan fingerprint density at radius 2 is 1.38 bits per heavy atom. The average Bonchev–Trinajstić information content (AvgIpc) is 3.03. The van der Waals surface area contributed by atoms with E-state index >= 15 is 0 Å². The molecule has 0 saturated carbocycles. The number of nitrogens with zero attached hydrogens (tertiary/aromatic N) is 2. The van der Waals surface area contributed by atoms with E-state index in [2.05, 4.69) is 6.07 Å². The fraction of sp³-hybridized carbons (Fsp3) is 0.130. The van der Waals surface area contributed by atoms with Crippen LogP contribution in [-0.2, 0) is 10.2 Å². The molecular formula is C23H18N2O. The van der Waals surface area contributed by atoms with Crippen LogP contribution in [0.15, 0.2) is 91.0 Å². The number of amides is 1. The van der Waals surface area contributed by atoms with Gasteiger partial charge in [-0.25, -0.2) is 0 Å². The highest BCUT2D eigenvalue weighted by atomic mass is 16.2. The number of para-hydroxylation sites is 1. The fourth-order valence-corrected chi connectivity index (χ4v) is 3.90. The summed E-state index contributed by atoms with van der Waals surface area (Å²) in [4.78, 5) is 14.9. The van der Waals surface area contributed by atoms with Gasteiger partial charge in [0.05, 0.1) is 18.5 Å². The topological polar surface area (TPSA) is 44.1 Å². The van der Waals surface area contributed by atoms with Crippen LogP contribution in [-0.4, -0.2) is 5.91 Å². The molecule has 3 nitrogen and oxygen atoms in total. The predicted molar refractivity (Wildman–Crippen MR) is 101 cm³/mol. The predicted octanol–water partition coefficient (Wildman–Crippen LogP) is 4.63. The van der Waals surface area contributed by atoms with Gasteiger partial charge in [0.15, 0.2) is 0 Å². The summed E-state index contributed by atoms with van der Waals surface area (Å²) in [5.41, 5.74) is 1.74. The molecule has 0 radical (unpaired) electrons. The normalized spacial score (nSPS) is 22.2. The van der Waals surface area contributed by atoms with Crippen LogP contribution in [0.1, 0.15) is 23.6 Å². The van der Waals surface area contributed by atoms with E-state index in [1.807, 2.05) is 91.0 Å². The largest absolute Gasteiger partial charge is 0.303 e. The fourth-order valence-electron chi connectivity index (χ4n) is 3.90. The van der Waals surface area contributed by atoms with Crippen LogP contribution >= 0.6 is 0 Å². The lowest BCUT2D eigenvalue weighted by Crippen LogP contribution is -2.35. The minimum atomic E-state index is -0.921. The van der Waals surface area contributed by atoms with Crippen LogP contribution < -0.4 is 4.90 Å². The Labute approximate surface area is 153 Å². The number of hydrogen-bond acceptors (Lipinski definition) is 2. The van der Waals surface area contributed by atoms with Crippen molar-refractivity contribution in [1.29, 1.82) is 5.26 Å². The maximum atomic E-state index is 13.1. The number of rotatable bonds is 3. The number of carbonyl (C=O) groups is 1. The highest BCUT2D eigenvalue weighted by Gasteiger charge is 2.54. The lowest BCUT2D eigenvalue weighted by molar-refractivity contribution is -0.117. The molecule has 0 N–H and O–H groups in total. The van der Waals surface area contributed by atoms with Gasteiger partial charge in [-0.05, 0) is 23.3 Å². The molecule has 1 aliphatic rings. The second kappa shape index (κ2) is 6.50. The van der Waals surface area contributed by atoms with E-state index in [0.29, 0.717) is 0 Å². The molecule has 0 aliphatic carbocycles. The van der Waals surface area contributed by atoms with E-state index in [1.54, 1.807) is 4.90 Å². The van der Waals surface area contributed by atoms with Crippen LogP contribution in [0.5, 0.6) is 0 Å². The highest BCUT2D eigenvalue weighted by molar-refractivity contribution is 5.99. The maximum absolute atomic E-state index is 13.1. The summed E-state index contributed by atoms with van der Waals surface area (Å²) in [6, 6.07) is 31.3. The molecule has 4 rings (SSSR count). The van der Waals surface area contributed by atoms with E-state index in [-0.39, 0.29) is 18.4 Å². The summed E-state index contributed by atoms with van der Waals surface area (Å²) >= 11 is 0. The Balaban J connectivity index is 1.95. The Bertz CT molecular complexity index is 948. The first-order valence-corrected chi connectivity index (χ1v) is 8.65. The molecule has 3 aromatic carbocycles. The van der Waals surface area contributed by atoms with Gasteiger partial charge in [-0.2, -0.15) is 5.26 Å². The van der Waals surface area contributed by atoms with Gasteiger partial charge in [0.25, 0.3) is 0 Å². The SMILES string of the molecule is N#C[C@@]1(c2ccccc2)CC(=O)N(c2ccccc2)[C@@H]1c1ccccc1. The van der Waals surface area contributed by atoms with E-state index in [0.717, 1.165) is 16.8 Å². The molecule has 2 atom stereocenters. The van der Waals surface area contributed by atoms with E-state index in [1.165, 1.54) is 0 Å². The van der Waals surface area contributed by atoms with Gasteiger partial charge in [-0.3, -0.25) is 4.79 Å². The van der Waals surface area contributed by atoms with Crippen molar-refractivity contribution < 1.29 is 4.79 Å². The molecule has 0 spiro atoms. The van der Waals surface area contributed by atoms with Crippen LogP contribution in [0.25, 0.3) is 0 Å². The number of hydrogen-bond donors (Lipinski definition) is 0. The molecule has 3 heteroatoms. The molecule has 1 aliphatic heterocycles. The minimum absolute atomic E-state index is 0.0320. The molecular weight excluding hydrogens is 320 g/mol. The van der Waals surface area contributed by atoms with Crippen LogP contribution in [0.2, 0.25) is 0 Å². The number of anilines is 1. The molecule has 1 heterocycles. The summed E-state index contributed by atoms with van der Waals surface area (Å²) in [7, 11) is 0. The number of carbonyl (C=O) groups excluding carboxylic acids is 1. The Kier molecular flexibility index (Phi) is 4.02. The zero-order chi connectivity index (χ0) is 18.0. The first-order valence-electron chi connectivity index (χ1n) is 8.65.